The minimum atomic E-state index is -2.26. The van der Waals surface area contributed by atoms with Crippen LogP contribution in [0, 0.1) is 0 Å². The maximum absolute atomic E-state index is 11.4. The van der Waals surface area contributed by atoms with E-state index in [0.29, 0.717) is 11.5 Å². The highest BCUT2D eigenvalue weighted by molar-refractivity contribution is 8.78. The SMILES string of the molecule is CC(=O)O[C@H](CSSCCSSC[C@@H](OC(C)=O)[C@@H](CS(=O)O)OC(C)=O)[C@@H](CS(=O)O)OC(C)=O. The largest absolute Gasteiger partial charge is 0.458 e. The van der Waals surface area contributed by atoms with Crippen LogP contribution in [0.4, 0.5) is 0 Å². The molecule has 0 spiro atoms. The third-order valence-electron chi connectivity index (χ3n) is 3.59. The molecule has 0 amide bonds. The van der Waals surface area contributed by atoms with Crippen molar-refractivity contribution in [2.75, 3.05) is 34.5 Å². The molecule has 0 fully saturated rings. The summed E-state index contributed by atoms with van der Waals surface area (Å²) in [6.07, 6.45) is -3.93. The summed E-state index contributed by atoms with van der Waals surface area (Å²) in [6.45, 7) is 4.68. The highest BCUT2D eigenvalue weighted by Gasteiger charge is 2.30. The molecule has 0 aromatic rings. The summed E-state index contributed by atoms with van der Waals surface area (Å²) in [7, 11) is 5.55. The van der Waals surface area contributed by atoms with Gasteiger partial charge in [0.15, 0.2) is 34.4 Å². The topological polar surface area (TPSA) is 180 Å². The smallest absolute Gasteiger partial charge is 0.303 e. The molecule has 0 saturated carbocycles. The average molecular weight is 631 g/mol. The molecular formula is C18H30O12S6. The molecule has 0 heterocycles. The molecule has 0 bridgehead atoms. The Labute approximate surface area is 230 Å². The molecule has 210 valence electrons. The van der Waals surface area contributed by atoms with Gasteiger partial charge in [-0.3, -0.25) is 19.2 Å². The second kappa shape index (κ2) is 20.5. The lowest BCUT2D eigenvalue weighted by molar-refractivity contribution is -0.161. The number of hydrogen-bond acceptors (Lipinski definition) is 14. The zero-order valence-electron chi connectivity index (χ0n) is 20.0. The van der Waals surface area contributed by atoms with Gasteiger partial charge in [0, 0.05) is 50.7 Å². The first-order valence-corrected chi connectivity index (χ1v) is 17.7. The van der Waals surface area contributed by atoms with Gasteiger partial charge < -0.3 is 28.1 Å². The van der Waals surface area contributed by atoms with Crippen molar-refractivity contribution in [3.8, 4) is 0 Å². The standard InChI is InChI=1S/C18H30O12S6/c1-11(19)27-15(17(9-35(23)24)29-13(3)21)7-33-31-5-6-32-34-8-16(28-12(2)20)18(10-36(25)26)30-14(4)22/h15-18H,5-10H2,1-4H3,(H,23,24)(H,25,26)/t15-,16-,17-,18-/m1/s1. The third-order valence-corrected chi connectivity index (χ3v) is 9.90. The molecular weight excluding hydrogens is 601 g/mol. The Morgan fingerprint density at radius 2 is 0.861 bits per heavy atom. The van der Waals surface area contributed by atoms with Crippen molar-refractivity contribution < 1.29 is 55.6 Å². The molecule has 0 aromatic heterocycles. The Morgan fingerprint density at radius 1 is 0.583 bits per heavy atom. The minimum absolute atomic E-state index is 0.216. The maximum atomic E-state index is 11.4. The number of ether oxygens (including phenoxy) is 4. The fraction of sp³-hybridized carbons (Fsp3) is 0.778. The number of carbonyl (C=O) groups is 4. The summed E-state index contributed by atoms with van der Waals surface area (Å²) in [5.74, 6) is -1.62. The summed E-state index contributed by atoms with van der Waals surface area (Å²) in [5, 5.41) is 0. The Morgan fingerprint density at radius 3 is 1.11 bits per heavy atom. The van der Waals surface area contributed by atoms with E-state index in [1.165, 1.54) is 57.0 Å². The van der Waals surface area contributed by atoms with E-state index in [4.69, 9.17) is 28.1 Å². The molecule has 12 nitrogen and oxygen atoms in total. The molecule has 18 heteroatoms. The van der Waals surface area contributed by atoms with E-state index in [0.717, 1.165) is 13.8 Å². The van der Waals surface area contributed by atoms with Crippen LogP contribution in [-0.4, -0.2) is 100 Å². The first-order chi connectivity index (χ1) is 16.8. The van der Waals surface area contributed by atoms with E-state index in [1.807, 2.05) is 0 Å². The lowest BCUT2D eigenvalue weighted by atomic mass is 10.2. The molecule has 2 unspecified atom stereocenters. The van der Waals surface area contributed by atoms with Crippen LogP contribution in [0.25, 0.3) is 0 Å². The number of carbonyl (C=O) groups excluding carboxylic acids is 4. The third kappa shape index (κ3) is 19.6. The van der Waals surface area contributed by atoms with Crippen LogP contribution < -0.4 is 0 Å². The van der Waals surface area contributed by atoms with Gasteiger partial charge in [0.25, 0.3) is 0 Å². The highest BCUT2D eigenvalue weighted by Crippen LogP contribution is 2.30. The molecule has 0 aliphatic carbocycles. The van der Waals surface area contributed by atoms with Crippen LogP contribution >= 0.6 is 43.2 Å². The van der Waals surface area contributed by atoms with Crippen molar-refractivity contribution in [1.29, 1.82) is 0 Å². The monoisotopic (exact) mass is 630 g/mol. The van der Waals surface area contributed by atoms with E-state index in [1.54, 1.807) is 0 Å². The van der Waals surface area contributed by atoms with Gasteiger partial charge in [-0.1, -0.05) is 43.2 Å². The minimum Gasteiger partial charge on any atom is -0.458 e. The van der Waals surface area contributed by atoms with Crippen molar-refractivity contribution in [2.24, 2.45) is 0 Å². The van der Waals surface area contributed by atoms with Gasteiger partial charge in [0.1, 0.15) is 12.2 Å². The van der Waals surface area contributed by atoms with Crippen LogP contribution in [0.1, 0.15) is 27.7 Å². The summed E-state index contributed by atoms with van der Waals surface area (Å²) in [4.78, 5) is 45.5. The fourth-order valence-corrected chi connectivity index (χ4v) is 8.67. The fourth-order valence-electron chi connectivity index (χ4n) is 2.42. The van der Waals surface area contributed by atoms with Gasteiger partial charge in [0.05, 0.1) is 11.5 Å². The van der Waals surface area contributed by atoms with Crippen molar-refractivity contribution in [3.63, 3.8) is 0 Å². The Balaban J connectivity index is 4.64. The van der Waals surface area contributed by atoms with E-state index >= 15 is 0 Å². The van der Waals surface area contributed by atoms with Crippen molar-refractivity contribution in [2.45, 2.75) is 52.1 Å². The van der Waals surface area contributed by atoms with E-state index < -0.39 is 82.0 Å². The van der Waals surface area contributed by atoms with Crippen molar-refractivity contribution in [1.82, 2.24) is 0 Å². The maximum Gasteiger partial charge on any atom is 0.303 e. The lowest BCUT2D eigenvalue weighted by Crippen LogP contribution is -2.40. The van der Waals surface area contributed by atoms with Gasteiger partial charge in [-0.25, -0.2) is 8.42 Å². The van der Waals surface area contributed by atoms with E-state index in [9.17, 15) is 27.6 Å². The van der Waals surface area contributed by atoms with E-state index in [2.05, 4.69) is 0 Å². The van der Waals surface area contributed by atoms with E-state index in [-0.39, 0.29) is 11.5 Å². The van der Waals surface area contributed by atoms with Gasteiger partial charge in [-0.15, -0.1) is 0 Å². The van der Waals surface area contributed by atoms with Gasteiger partial charge in [-0.2, -0.15) is 0 Å². The first-order valence-electron chi connectivity index (χ1n) is 10.1. The molecule has 0 saturated heterocycles. The molecule has 0 aliphatic rings. The number of hydrogen-bond donors (Lipinski definition) is 2. The second-order valence-electron chi connectivity index (χ2n) is 6.78. The van der Waals surface area contributed by atoms with Crippen LogP contribution in [0.3, 0.4) is 0 Å². The van der Waals surface area contributed by atoms with Crippen LogP contribution in [-0.2, 0) is 60.3 Å². The molecule has 0 aliphatic heterocycles. The second-order valence-corrected chi connectivity index (χ2v) is 14.0. The summed E-state index contributed by atoms with van der Waals surface area (Å²) in [5.41, 5.74) is 0. The summed E-state index contributed by atoms with van der Waals surface area (Å²) < 4.78 is 61.2. The number of esters is 4. The number of rotatable bonds is 19. The Hall–Kier alpha value is -0.500. The van der Waals surface area contributed by atoms with Gasteiger partial charge in [0.2, 0.25) is 0 Å². The molecule has 2 N–H and O–H groups in total. The van der Waals surface area contributed by atoms with Gasteiger partial charge in [-0.05, 0) is 0 Å². The predicted octanol–water partition coefficient (Wildman–Crippen LogP) is 1.92. The van der Waals surface area contributed by atoms with Crippen LogP contribution in [0.2, 0.25) is 0 Å². The molecule has 0 radical (unpaired) electrons. The van der Waals surface area contributed by atoms with Crippen LogP contribution in [0.15, 0.2) is 0 Å². The Bertz CT molecular complexity index is 673. The lowest BCUT2D eigenvalue weighted by Gasteiger charge is -2.25. The average Bonchev–Trinajstić information content (AvgIpc) is 2.71. The van der Waals surface area contributed by atoms with Crippen molar-refractivity contribution >= 4 is 89.2 Å². The normalized spacial score (nSPS) is 16.1. The zero-order chi connectivity index (χ0) is 27.7. The molecule has 36 heavy (non-hydrogen) atoms. The molecule has 0 rings (SSSR count). The quantitative estimate of drug-likeness (QED) is 0.0694. The molecule has 6 atom stereocenters. The summed E-state index contributed by atoms with van der Waals surface area (Å²) in [6, 6.07) is 0. The molecule has 0 aromatic carbocycles. The van der Waals surface area contributed by atoms with Gasteiger partial charge >= 0.3 is 23.9 Å². The van der Waals surface area contributed by atoms with Crippen LogP contribution in [0.5, 0.6) is 0 Å². The first kappa shape index (κ1) is 35.5. The zero-order valence-corrected chi connectivity index (χ0v) is 24.9. The highest BCUT2D eigenvalue weighted by atomic mass is 33.1. The Kier molecular flexibility index (Phi) is 20.2. The van der Waals surface area contributed by atoms with Crippen molar-refractivity contribution in [3.05, 3.63) is 0 Å². The predicted molar refractivity (Wildman–Crippen MR) is 143 cm³/mol. The summed E-state index contributed by atoms with van der Waals surface area (Å²) >= 11 is -4.52.